The van der Waals surface area contributed by atoms with Crippen LogP contribution in [0.25, 0.3) is 0 Å². The van der Waals surface area contributed by atoms with Crippen LogP contribution >= 0.6 is 11.3 Å². The summed E-state index contributed by atoms with van der Waals surface area (Å²) in [5.74, 6) is 2.63. The Labute approximate surface area is 209 Å². The number of anilines is 1. The second-order valence-electron chi connectivity index (χ2n) is 8.70. The van der Waals surface area contributed by atoms with Gasteiger partial charge in [0.05, 0.1) is 34.0 Å². The first-order chi connectivity index (χ1) is 17.1. The lowest BCUT2D eigenvalue weighted by atomic mass is 9.94. The number of rotatable bonds is 7. The molecule has 0 radical (unpaired) electrons. The fourth-order valence-electron chi connectivity index (χ4n) is 5.00. The second-order valence-corrected chi connectivity index (χ2v) is 9.78. The van der Waals surface area contributed by atoms with Gasteiger partial charge in [-0.05, 0) is 66.6 Å². The minimum atomic E-state index is -0.358. The molecule has 184 valence electrons. The van der Waals surface area contributed by atoms with Gasteiger partial charge in [-0.25, -0.2) is 0 Å². The summed E-state index contributed by atoms with van der Waals surface area (Å²) >= 11 is 1.76. The lowest BCUT2D eigenvalue weighted by molar-refractivity contribution is 0.0925. The summed E-state index contributed by atoms with van der Waals surface area (Å²) in [5, 5.41) is 4.30. The molecular weight excluding hydrogens is 464 g/mol. The van der Waals surface area contributed by atoms with Crippen LogP contribution in [0, 0.1) is 0 Å². The number of thiophene rings is 1. The van der Waals surface area contributed by atoms with Gasteiger partial charge in [-0.2, -0.15) is 0 Å². The minimum absolute atomic E-state index is 0.0113. The fraction of sp³-hybridized carbons (Fsp3) is 0.370. The number of fused-ring (bicyclic) bond motifs is 3. The molecule has 1 aliphatic heterocycles. The van der Waals surface area contributed by atoms with Crippen LogP contribution in [0.3, 0.4) is 0 Å². The SMILES string of the molecule is COc1ccc(CN2c3sc4c(c3C(=O)N[C@H]2c2ccc(OC)c(OC)c2)CCCC4)cc1OC. The smallest absolute Gasteiger partial charge is 0.256 e. The molecule has 0 unspecified atom stereocenters. The van der Waals surface area contributed by atoms with E-state index >= 15 is 0 Å². The van der Waals surface area contributed by atoms with Crippen molar-refractivity contribution in [3.63, 3.8) is 0 Å². The van der Waals surface area contributed by atoms with Crippen LogP contribution in [-0.4, -0.2) is 34.3 Å². The number of hydrogen-bond donors (Lipinski definition) is 1. The highest BCUT2D eigenvalue weighted by molar-refractivity contribution is 7.16. The Hall–Kier alpha value is -3.39. The van der Waals surface area contributed by atoms with E-state index in [-0.39, 0.29) is 12.1 Å². The van der Waals surface area contributed by atoms with Gasteiger partial charge in [-0.3, -0.25) is 4.79 Å². The number of aryl methyl sites for hydroxylation is 1. The number of benzene rings is 2. The van der Waals surface area contributed by atoms with Gasteiger partial charge < -0.3 is 29.2 Å². The summed E-state index contributed by atoms with van der Waals surface area (Å²) < 4.78 is 22.0. The maximum atomic E-state index is 13.4. The third-order valence-electron chi connectivity index (χ3n) is 6.74. The van der Waals surface area contributed by atoms with Crippen LogP contribution in [-0.2, 0) is 19.4 Å². The quantitative estimate of drug-likeness (QED) is 0.492. The molecule has 3 aromatic rings. The fourth-order valence-corrected chi connectivity index (χ4v) is 6.42. The standard InChI is InChI=1S/C27H30N2O5S/c1-31-19-11-9-16(13-21(19)33-3)15-29-25(17-10-12-20(32-2)22(14-17)34-4)28-26(30)24-18-7-5-6-8-23(18)35-27(24)29/h9-14,25H,5-8,15H2,1-4H3,(H,28,30)/t25-/m1/s1. The maximum Gasteiger partial charge on any atom is 0.256 e. The van der Waals surface area contributed by atoms with Crippen molar-refractivity contribution in [2.24, 2.45) is 0 Å². The second kappa shape index (κ2) is 9.70. The molecule has 0 saturated heterocycles. The Kier molecular flexibility index (Phi) is 6.47. The lowest BCUT2D eigenvalue weighted by Gasteiger charge is -2.38. The first-order valence-corrected chi connectivity index (χ1v) is 12.5. The van der Waals surface area contributed by atoms with Gasteiger partial charge in [0.2, 0.25) is 0 Å². The van der Waals surface area contributed by atoms with Gasteiger partial charge in [0.15, 0.2) is 23.0 Å². The zero-order chi connectivity index (χ0) is 24.5. The normalized spacial score (nSPS) is 16.7. The molecule has 1 amide bonds. The van der Waals surface area contributed by atoms with Crippen LogP contribution in [0.5, 0.6) is 23.0 Å². The highest BCUT2D eigenvalue weighted by atomic mass is 32.1. The van der Waals surface area contributed by atoms with E-state index in [4.69, 9.17) is 18.9 Å². The molecule has 2 aromatic carbocycles. The van der Waals surface area contributed by atoms with E-state index in [1.54, 1.807) is 39.8 Å². The van der Waals surface area contributed by atoms with Gasteiger partial charge in [-0.15, -0.1) is 11.3 Å². The van der Waals surface area contributed by atoms with E-state index in [9.17, 15) is 4.79 Å². The summed E-state index contributed by atoms with van der Waals surface area (Å²) in [6.07, 6.45) is 3.93. The van der Waals surface area contributed by atoms with E-state index in [0.29, 0.717) is 29.5 Å². The van der Waals surface area contributed by atoms with Crippen LogP contribution < -0.4 is 29.2 Å². The largest absolute Gasteiger partial charge is 0.493 e. The molecule has 0 bridgehead atoms. The first kappa shape index (κ1) is 23.4. The van der Waals surface area contributed by atoms with Crippen LogP contribution in [0.4, 0.5) is 5.00 Å². The number of nitrogens with one attached hydrogen (secondary N) is 1. The van der Waals surface area contributed by atoms with Crippen LogP contribution in [0.2, 0.25) is 0 Å². The van der Waals surface area contributed by atoms with Crippen molar-refractivity contribution in [2.75, 3.05) is 33.3 Å². The van der Waals surface area contributed by atoms with E-state index in [0.717, 1.165) is 41.0 Å². The highest BCUT2D eigenvalue weighted by Gasteiger charge is 2.37. The zero-order valence-electron chi connectivity index (χ0n) is 20.5. The molecule has 0 fully saturated rings. The summed E-state index contributed by atoms with van der Waals surface area (Å²) in [5.41, 5.74) is 4.04. The van der Waals surface area contributed by atoms with Crippen molar-refractivity contribution in [3.05, 3.63) is 63.5 Å². The maximum absolute atomic E-state index is 13.4. The molecule has 1 N–H and O–H groups in total. The van der Waals surface area contributed by atoms with Crippen molar-refractivity contribution in [2.45, 2.75) is 38.4 Å². The number of carbonyl (C=O) groups is 1. The van der Waals surface area contributed by atoms with Crippen molar-refractivity contribution in [3.8, 4) is 23.0 Å². The molecule has 0 spiro atoms. The van der Waals surface area contributed by atoms with Crippen molar-refractivity contribution < 1.29 is 23.7 Å². The van der Waals surface area contributed by atoms with Crippen molar-refractivity contribution >= 4 is 22.2 Å². The van der Waals surface area contributed by atoms with Crippen LogP contribution in [0.15, 0.2) is 36.4 Å². The van der Waals surface area contributed by atoms with E-state index in [1.165, 1.54) is 16.9 Å². The number of methoxy groups -OCH3 is 4. The van der Waals surface area contributed by atoms with Crippen LogP contribution in [0.1, 0.15) is 50.9 Å². The topological polar surface area (TPSA) is 69.3 Å². The summed E-state index contributed by atoms with van der Waals surface area (Å²) in [4.78, 5) is 17.1. The van der Waals surface area contributed by atoms with Crippen molar-refractivity contribution in [1.82, 2.24) is 5.32 Å². The highest BCUT2D eigenvalue weighted by Crippen LogP contribution is 2.46. The number of carbonyl (C=O) groups excluding carboxylic acids is 1. The molecule has 8 heteroatoms. The van der Waals surface area contributed by atoms with Gasteiger partial charge in [0.25, 0.3) is 5.91 Å². The number of nitrogens with zero attached hydrogens (tertiary/aromatic N) is 1. The molecule has 1 atom stereocenters. The molecule has 7 nitrogen and oxygen atoms in total. The summed E-state index contributed by atoms with van der Waals surface area (Å²) in [6.45, 7) is 0.589. The number of hydrogen-bond acceptors (Lipinski definition) is 7. The van der Waals surface area contributed by atoms with E-state index in [1.807, 2.05) is 36.4 Å². The molecular formula is C27H30N2O5S. The summed E-state index contributed by atoms with van der Waals surface area (Å²) in [6, 6.07) is 11.7. The Bertz CT molecular complexity index is 1250. The lowest BCUT2D eigenvalue weighted by Crippen LogP contribution is -2.45. The average Bonchev–Trinajstić information content (AvgIpc) is 3.30. The Morgan fingerprint density at radius 1 is 0.886 bits per heavy atom. The number of ether oxygens (including phenoxy) is 4. The van der Waals surface area contributed by atoms with Crippen molar-refractivity contribution in [1.29, 1.82) is 0 Å². The first-order valence-electron chi connectivity index (χ1n) is 11.7. The van der Waals surface area contributed by atoms with Gasteiger partial charge in [0.1, 0.15) is 11.2 Å². The van der Waals surface area contributed by atoms with Gasteiger partial charge in [-0.1, -0.05) is 12.1 Å². The monoisotopic (exact) mass is 494 g/mol. The molecule has 2 heterocycles. The zero-order valence-corrected chi connectivity index (χ0v) is 21.3. The molecule has 5 rings (SSSR count). The Balaban J connectivity index is 1.61. The van der Waals surface area contributed by atoms with E-state index < -0.39 is 0 Å². The third-order valence-corrected chi connectivity index (χ3v) is 8.07. The number of amides is 1. The Morgan fingerprint density at radius 3 is 2.26 bits per heavy atom. The minimum Gasteiger partial charge on any atom is -0.493 e. The third kappa shape index (κ3) is 4.16. The van der Waals surface area contributed by atoms with Gasteiger partial charge >= 0.3 is 0 Å². The molecule has 2 aliphatic rings. The predicted molar refractivity (Wildman–Crippen MR) is 136 cm³/mol. The van der Waals surface area contributed by atoms with E-state index in [2.05, 4.69) is 10.2 Å². The Morgan fingerprint density at radius 2 is 1.54 bits per heavy atom. The predicted octanol–water partition coefficient (Wildman–Crippen LogP) is 5.11. The molecule has 1 aliphatic carbocycles. The van der Waals surface area contributed by atoms with Gasteiger partial charge in [0, 0.05) is 11.4 Å². The average molecular weight is 495 g/mol. The molecule has 1 aromatic heterocycles. The molecule has 0 saturated carbocycles. The molecule has 35 heavy (non-hydrogen) atoms. The summed E-state index contributed by atoms with van der Waals surface area (Å²) in [7, 11) is 6.51.